The van der Waals surface area contributed by atoms with Crippen molar-refractivity contribution in [2.75, 3.05) is 19.6 Å². The summed E-state index contributed by atoms with van der Waals surface area (Å²) in [6.45, 7) is 10.2. The van der Waals surface area contributed by atoms with Crippen LogP contribution in [0.1, 0.15) is 44.7 Å². The first-order valence-corrected chi connectivity index (χ1v) is 8.17. The van der Waals surface area contributed by atoms with Gasteiger partial charge in [-0.05, 0) is 74.2 Å². The molecule has 114 valence electrons. The Kier molecular flexibility index (Phi) is 3.83. The molecule has 2 unspecified atom stereocenters. The third kappa shape index (κ3) is 2.74. The first kappa shape index (κ1) is 14.6. The Morgan fingerprint density at radius 1 is 1.43 bits per heavy atom. The third-order valence-corrected chi connectivity index (χ3v) is 5.56. The molecule has 2 atom stereocenters. The molecule has 1 aliphatic heterocycles. The van der Waals surface area contributed by atoms with Gasteiger partial charge in [-0.2, -0.15) is 0 Å². The number of rotatable bonds is 2. The topological polar surface area (TPSA) is 23.5 Å². The monoisotopic (exact) mass is 285 g/mol. The number of allylic oxidation sites excluding steroid dienone is 1. The van der Waals surface area contributed by atoms with Gasteiger partial charge in [-0.25, -0.2) is 0 Å². The van der Waals surface area contributed by atoms with Crippen molar-refractivity contribution < 1.29 is 5.11 Å². The summed E-state index contributed by atoms with van der Waals surface area (Å²) in [6.07, 6.45) is 5.97. The zero-order valence-electron chi connectivity index (χ0n) is 13.5. The van der Waals surface area contributed by atoms with Gasteiger partial charge in [0.05, 0.1) is 0 Å². The van der Waals surface area contributed by atoms with Crippen LogP contribution in [-0.2, 0) is 11.8 Å². The van der Waals surface area contributed by atoms with Crippen LogP contribution in [0.3, 0.4) is 0 Å². The third-order valence-electron chi connectivity index (χ3n) is 5.56. The summed E-state index contributed by atoms with van der Waals surface area (Å²) in [7, 11) is 0. The van der Waals surface area contributed by atoms with Crippen molar-refractivity contribution in [3.05, 3.63) is 41.0 Å². The Hall–Kier alpha value is -1.28. The smallest absolute Gasteiger partial charge is 0.115 e. The Balaban J connectivity index is 1.82. The van der Waals surface area contributed by atoms with Crippen molar-refractivity contribution in [2.45, 2.75) is 45.4 Å². The minimum Gasteiger partial charge on any atom is -0.508 e. The molecule has 2 nitrogen and oxygen atoms in total. The van der Waals surface area contributed by atoms with Crippen LogP contribution in [0.2, 0.25) is 0 Å². The fourth-order valence-corrected chi connectivity index (χ4v) is 4.08. The summed E-state index contributed by atoms with van der Waals surface area (Å²) in [4.78, 5) is 2.59. The molecule has 1 aliphatic carbocycles. The van der Waals surface area contributed by atoms with Crippen LogP contribution in [0.4, 0.5) is 0 Å². The summed E-state index contributed by atoms with van der Waals surface area (Å²) in [5.41, 5.74) is 4.50. The van der Waals surface area contributed by atoms with Gasteiger partial charge in [0.25, 0.3) is 0 Å². The van der Waals surface area contributed by atoms with Crippen molar-refractivity contribution in [2.24, 2.45) is 5.92 Å². The van der Waals surface area contributed by atoms with E-state index in [1.807, 2.05) is 12.1 Å². The standard InChI is InChI=1S/C19H27NO/c1-14(2)8-10-20-11-9-19(3)16(13-20)6-4-15-5-7-17(21)12-18(15)19/h5,7-8,12,16,21H,4,6,9-11,13H2,1-3H3. The van der Waals surface area contributed by atoms with E-state index >= 15 is 0 Å². The molecule has 1 fully saturated rings. The molecule has 0 spiro atoms. The highest BCUT2D eigenvalue weighted by atomic mass is 16.3. The largest absolute Gasteiger partial charge is 0.508 e. The highest BCUT2D eigenvalue weighted by Crippen LogP contribution is 2.47. The molecule has 0 bridgehead atoms. The molecule has 21 heavy (non-hydrogen) atoms. The predicted molar refractivity (Wildman–Crippen MR) is 87.8 cm³/mol. The van der Waals surface area contributed by atoms with E-state index in [0.29, 0.717) is 11.7 Å². The predicted octanol–water partition coefficient (Wildman–Crippen LogP) is 3.88. The molecule has 0 amide bonds. The van der Waals surface area contributed by atoms with Crippen LogP contribution >= 0.6 is 0 Å². The zero-order valence-corrected chi connectivity index (χ0v) is 13.5. The van der Waals surface area contributed by atoms with Crippen LogP contribution in [0.5, 0.6) is 5.75 Å². The van der Waals surface area contributed by atoms with Crippen molar-refractivity contribution in [1.82, 2.24) is 4.90 Å². The Morgan fingerprint density at radius 2 is 2.24 bits per heavy atom. The molecule has 3 rings (SSSR count). The van der Waals surface area contributed by atoms with Gasteiger partial charge < -0.3 is 5.11 Å². The van der Waals surface area contributed by atoms with Crippen LogP contribution in [-0.4, -0.2) is 29.6 Å². The summed E-state index contributed by atoms with van der Waals surface area (Å²) in [6, 6.07) is 5.99. The number of hydrogen-bond donors (Lipinski definition) is 1. The molecule has 2 aliphatic rings. The van der Waals surface area contributed by atoms with E-state index in [0.717, 1.165) is 19.5 Å². The van der Waals surface area contributed by atoms with Crippen LogP contribution in [0.25, 0.3) is 0 Å². The molecule has 0 saturated carbocycles. The van der Waals surface area contributed by atoms with Gasteiger partial charge in [0.15, 0.2) is 0 Å². The average molecular weight is 285 g/mol. The van der Waals surface area contributed by atoms with Gasteiger partial charge in [-0.3, -0.25) is 4.90 Å². The zero-order chi connectivity index (χ0) is 15.0. The number of nitrogens with zero attached hydrogens (tertiary/aromatic N) is 1. The van der Waals surface area contributed by atoms with Crippen molar-refractivity contribution in [1.29, 1.82) is 0 Å². The lowest BCUT2D eigenvalue weighted by Gasteiger charge is -2.49. The van der Waals surface area contributed by atoms with Gasteiger partial charge in [0.1, 0.15) is 5.75 Å². The SMILES string of the molecule is CC(C)=CCN1CCC2(C)c3cc(O)ccc3CCC2C1. The second-order valence-electron chi connectivity index (χ2n) is 7.29. The number of fused-ring (bicyclic) bond motifs is 3. The number of piperidine rings is 1. The van der Waals surface area contributed by atoms with Crippen molar-refractivity contribution in [3.63, 3.8) is 0 Å². The molecular weight excluding hydrogens is 258 g/mol. The van der Waals surface area contributed by atoms with E-state index in [1.54, 1.807) is 0 Å². The van der Waals surface area contributed by atoms with Crippen LogP contribution in [0, 0.1) is 5.92 Å². The minimum atomic E-state index is 0.244. The second kappa shape index (κ2) is 5.49. The highest BCUT2D eigenvalue weighted by Gasteiger charge is 2.43. The van der Waals surface area contributed by atoms with E-state index in [-0.39, 0.29) is 5.41 Å². The Labute approximate surface area is 128 Å². The number of aryl methyl sites for hydroxylation is 1. The first-order valence-electron chi connectivity index (χ1n) is 8.17. The molecule has 1 N–H and O–H groups in total. The molecule has 0 aromatic heterocycles. The lowest BCUT2D eigenvalue weighted by Crippen LogP contribution is -2.50. The quantitative estimate of drug-likeness (QED) is 0.833. The Bertz CT molecular complexity index is 559. The number of benzene rings is 1. The molecule has 1 aromatic carbocycles. The molecule has 1 aromatic rings. The molecule has 0 radical (unpaired) electrons. The van der Waals surface area contributed by atoms with Crippen LogP contribution < -0.4 is 0 Å². The van der Waals surface area contributed by atoms with Gasteiger partial charge >= 0.3 is 0 Å². The molecule has 2 heteroatoms. The molecule has 1 heterocycles. The van der Waals surface area contributed by atoms with Gasteiger partial charge in [0, 0.05) is 13.1 Å². The molecule has 1 saturated heterocycles. The van der Waals surface area contributed by atoms with E-state index in [9.17, 15) is 5.11 Å². The number of likely N-dealkylation sites (tertiary alicyclic amines) is 1. The van der Waals surface area contributed by atoms with Crippen molar-refractivity contribution >= 4 is 0 Å². The summed E-state index contributed by atoms with van der Waals surface area (Å²) >= 11 is 0. The summed E-state index contributed by atoms with van der Waals surface area (Å²) < 4.78 is 0. The minimum absolute atomic E-state index is 0.244. The number of phenolic OH excluding ortho intramolecular Hbond substituents is 1. The molecular formula is C19H27NO. The maximum atomic E-state index is 9.87. The highest BCUT2D eigenvalue weighted by molar-refractivity contribution is 5.42. The van der Waals surface area contributed by atoms with E-state index in [4.69, 9.17) is 0 Å². The van der Waals surface area contributed by atoms with E-state index in [1.165, 1.54) is 36.1 Å². The lowest BCUT2D eigenvalue weighted by atomic mass is 9.61. The van der Waals surface area contributed by atoms with Gasteiger partial charge in [-0.1, -0.05) is 24.6 Å². The fraction of sp³-hybridized carbons (Fsp3) is 0.579. The summed E-state index contributed by atoms with van der Waals surface area (Å²) in [5.74, 6) is 1.13. The maximum Gasteiger partial charge on any atom is 0.115 e. The number of phenols is 1. The lowest BCUT2D eigenvalue weighted by molar-refractivity contribution is 0.0956. The maximum absolute atomic E-state index is 9.87. The first-order chi connectivity index (χ1) is 9.99. The number of hydrogen-bond acceptors (Lipinski definition) is 2. The van der Waals surface area contributed by atoms with E-state index in [2.05, 4.69) is 37.8 Å². The van der Waals surface area contributed by atoms with Gasteiger partial charge in [-0.15, -0.1) is 0 Å². The van der Waals surface area contributed by atoms with Crippen LogP contribution in [0.15, 0.2) is 29.8 Å². The Morgan fingerprint density at radius 3 is 3.00 bits per heavy atom. The van der Waals surface area contributed by atoms with E-state index < -0.39 is 0 Å². The average Bonchev–Trinajstić information content (AvgIpc) is 2.45. The van der Waals surface area contributed by atoms with Crippen molar-refractivity contribution in [3.8, 4) is 5.75 Å². The van der Waals surface area contributed by atoms with Gasteiger partial charge in [0.2, 0.25) is 0 Å². The second-order valence-corrected chi connectivity index (χ2v) is 7.29. The normalized spacial score (nSPS) is 28.6. The summed E-state index contributed by atoms with van der Waals surface area (Å²) in [5, 5.41) is 9.87. The number of aromatic hydroxyl groups is 1. The fourth-order valence-electron chi connectivity index (χ4n) is 4.08.